The third kappa shape index (κ3) is 1.81. The minimum atomic E-state index is -1.70. The normalized spacial score (nSPS) is 16.1. The Balaban J connectivity index is 2.37. The molecule has 2 aromatic carbocycles. The first-order valence-electron chi connectivity index (χ1n) is 7.45. The fourth-order valence-corrected chi connectivity index (χ4v) is 12.0. The highest BCUT2D eigenvalue weighted by atomic mass is 32.2. The molecule has 0 unspecified atom stereocenters. The molecule has 0 radical (unpaired) electrons. The zero-order valence-electron chi connectivity index (χ0n) is 12.7. The molecule has 104 valence electrons. The molecule has 20 heavy (non-hydrogen) atoms. The van der Waals surface area contributed by atoms with Crippen molar-refractivity contribution in [2.24, 2.45) is 0 Å². The molecule has 1 aliphatic rings. The maximum atomic E-state index is 2.43. The van der Waals surface area contributed by atoms with Gasteiger partial charge in [-0.25, -0.2) is 0 Å². The molecule has 0 atom stereocenters. The summed E-state index contributed by atoms with van der Waals surface area (Å²) in [5.41, 5.74) is 1.43. The van der Waals surface area contributed by atoms with Gasteiger partial charge in [-0.1, -0.05) is 75.9 Å². The van der Waals surface area contributed by atoms with Crippen molar-refractivity contribution in [2.75, 3.05) is 0 Å². The topological polar surface area (TPSA) is 0 Å². The zero-order chi connectivity index (χ0) is 14.3. The number of benzene rings is 2. The summed E-state index contributed by atoms with van der Waals surface area (Å²) < 4.78 is 0. The van der Waals surface area contributed by atoms with E-state index in [1.54, 1.807) is 10.4 Å². The molecule has 2 heteroatoms. The fourth-order valence-electron chi connectivity index (χ4n) is 3.97. The summed E-state index contributed by atoms with van der Waals surface area (Å²) in [7, 11) is -1.70. The smallest absolute Gasteiger partial charge is 0.0903 e. The van der Waals surface area contributed by atoms with Crippen molar-refractivity contribution in [1.82, 2.24) is 0 Å². The molecule has 0 bridgehead atoms. The van der Waals surface area contributed by atoms with Gasteiger partial charge in [-0.3, -0.25) is 0 Å². The summed E-state index contributed by atoms with van der Waals surface area (Å²) in [5, 5.41) is 3.29. The minimum absolute atomic E-state index is 0.714. The number of fused-ring (bicyclic) bond motifs is 2. The summed E-state index contributed by atoms with van der Waals surface area (Å²) in [6, 6.07) is 18.2. The Kier molecular flexibility index (Phi) is 3.55. The third-order valence-electron chi connectivity index (χ3n) is 4.71. The predicted octanol–water partition coefficient (Wildman–Crippen LogP) is 4.53. The quantitative estimate of drug-likeness (QED) is 0.734. The average Bonchev–Trinajstić information content (AvgIpc) is 2.43. The van der Waals surface area contributed by atoms with Gasteiger partial charge in [0.1, 0.15) is 8.07 Å². The van der Waals surface area contributed by atoms with E-state index in [0.717, 1.165) is 0 Å². The lowest BCUT2D eigenvalue weighted by Crippen LogP contribution is -2.65. The highest BCUT2D eigenvalue weighted by Gasteiger charge is 2.47. The van der Waals surface area contributed by atoms with E-state index in [1.165, 1.54) is 9.79 Å². The van der Waals surface area contributed by atoms with Gasteiger partial charge in [-0.15, -0.1) is 0 Å². The average molecular weight is 299 g/mol. The van der Waals surface area contributed by atoms with E-state index in [0.29, 0.717) is 11.1 Å². The van der Waals surface area contributed by atoms with E-state index in [9.17, 15) is 0 Å². The molecule has 1 heterocycles. The van der Waals surface area contributed by atoms with Crippen LogP contribution >= 0.6 is 11.8 Å². The van der Waals surface area contributed by atoms with Crippen LogP contribution in [0.15, 0.2) is 58.3 Å². The van der Waals surface area contributed by atoms with Crippen LogP contribution in [0.4, 0.5) is 0 Å². The van der Waals surface area contributed by atoms with Crippen molar-refractivity contribution in [2.45, 2.75) is 48.6 Å². The van der Waals surface area contributed by atoms with E-state index in [2.05, 4.69) is 76.2 Å². The molecule has 0 aromatic heterocycles. The first-order chi connectivity index (χ1) is 9.58. The van der Waals surface area contributed by atoms with Gasteiger partial charge >= 0.3 is 0 Å². The van der Waals surface area contributed by atoms with E-state index < -0.39 is 8.07 Å². The highest BCUT2D eigenvalue weighted by molar-refractivity contribution is 8.00. The number of hydrogen-bond acceptors (Lipinski definition) is 1. The maximum absolute atomic E-state index is 2.43. The zero-order valence-corrected chi connectivity index (χ0v) is 14.5. The van der Waals surface area contributed by atoms with Crippen molar-refractivity contribution in [3.8, 4) is 0 Å². The van der Waals surface area contributed by atoms with Gasteiger partial charge in [-0.2, -0.15) is 0 Å². The Morgan fingerprint density at radius 2 is 1.10 bits per heavy atom. The van der Waals surface area contributed by atoms with Crippen molar-refractivity contribution in [3.63, 3.8) is 0 Å². The molecule has 3 rings (SSSR count). The van der Waals surface area contributed by atoms with Crippen molar-refractivity contribution in [1.29, 1.82) is 0 Å². The molecule has 0 N–H and O–H groups in total. The van der Waals surface area contributed by atoms with Crippen molar-refractivity contribution in [3.05, 3.63) is 48.5 Å². The Bertz CT molecular complexity index is 575. The summed E-state index contributed by atoms with van der Waals surface area (Å²) >= 11 is 1.95. The van der Waals surface area contributed by atoms with Crippen LogP contribution in [0.5, 0.6) is 0 Å². The molecule has 2 aromatic rings. The summed E-state index contributed by atoms with van der Waals surface area (Å²) in [4.78, 5) is 2.97. The molecule has 0 fully saturated rings. The second-order valence-corrected chi connectivity index (χ2v) is 12.5. The lowest BCUT2D eigenvalue weighted by molar-refractivity contribution is 0.921. The first kappa shape index (κ1) is 14.0. The Hall–Kier alpha value is -0.993. The van der Waals surface area contributed by atoms with Crippen LogP contribution in [-0.4, -0.2) is 8.07 Å². The van der Waals surface area contributed by atoms with E-state index in [-0.39, 0.29) is 0 Å². The first-order valence-corrected chi connectivity index (χ1v) is 10.4. The van der Waals surface area contributed by atoms with Crippen LogP contribution in [0.1, 0.15) is 27.7 Å². The molecule has 0 aliphatic carbocycles. The number of rotatable bonds is 2. The van der Waals surface area contributed by atoms with Crippen LogP contribution in [0, 0.1) is 0 Å². The van der Waals surface area contributed by atoms with Gasteiger partial charge in [0.05, 0.1) is 0 Å². The predicted molar refractivity (Wildman–Crippen MR) is 92.2 cm³/mol. The maximum Gasteiger partial charge on any atom is 0.126 e. The van der Waals surface area contributed by atoms with Gasteiger partial charge < -0.3 is 0 Å². The monoisotopic (exact) mass is 298 g/mol. The SMILES string of the molecule is CC(C)[Si]1(C(C)C)c2ccccc2Sc2ccccc21. The molecule has 0 saturated carbocycles. The van der Waals surface area contributed by atoms with Crippen LogP contribution in [0.2, 0.25) is 11.1 Å². The van der Waals surface area contributed by atoms with Gasteiger partial charge in [0.2, 0.25) is 0 Å². The van der Waals surface area contributed by atoms with Crippen LogP contribution in [0.3, 0.4) is 0 Å². The van der Waals surface area contributed by atoms with Gasteiger partial charge in [0.25, 0.3) is 0 Å². The van der Waals surface area contributed by atoms with Gasteiger partial charge in [-0.05, 0) is 33.6 Å². The van der Waals surface area contributed by atoms with Crippen LogP contribution in [-0.2, 0) is 0 Å². The Morgan fingerprint density at radius 3 is 1.50 bits per heavy atom. The highest BCUT2D eigenvalue weighted by Crippen LogP contribution is 2.41. The second-order valence-electron chi connectivity index (χ2n) is 6.27. The van der Waals surface area contributed by atoms with E-state index in [1.807, 2.05) is 11.8 Å². The molecular formula is C18H22SSi. The fraction of sp³-hybridized carbons (Fsp3) is 0.333. The summed E-state index contributed by atoms with van der Waals surface area (Å²) in [6.45, 7) is 9.71. The van der Waals surface area contributed by atoms with Gasteiger partial charge in [0, 0.05) is 9.79 Å². The molecular weight excluding hydrogens is 276 g/mol. The van der Waals surface area contributed by atoms with E-state index in [4.69, 9.17) is 0 Å². The summed E-state index contributed by atoms with van der Waals surface area (Å²) in [5.74, 6) is 0. The van der Waals surface area contributed by atoms with Crippen LogP contribution in [0.25, 0.3) is 0 Å². The number of hydrogen-bond donors (Lipinski definition) is 0. The Labute approximate surface area is 127 Å². The minimum Gasteiger partial charge on any atom is -0.0903 e. The standard InChI is InChI=1S/C18H22SSi/c1-13(2)20(14(3)4)17-11-7-5-9-15(17)19-16-10-6-8-12-18(16)20/h5-14H,1-4H3. The van der Waals surface area contributed by atoms with Crippen molar-refractivity contribution < 1.29 is 0 Å². The van der Waals surface area contributed by atoms with Crippen molar-refractivity contribution >= 4 is 30.2 Å². The largest absolute Gasteiger partial charge is 0.126 e. The van der Waals surface area contributed by atoms with Crippen LogP contribution < -0.4 is 10.4 Å². The lowest BCUT2D eigenvalue weighted by atomic mass is 10.3. The molecule has 0 nitrogen and oxygen atoms in total. The third-order valence-corrected chi connectivity index (χ3v) is 12.5. The molecule has 1 aliphatic heterocycles. The molecule has 0 spiro atoms. The second kappa shape index (κ2) is 5.08. The molecule has 0 amide bonds. The van der Waals surface area contributed by atoms with E-state index >= 15 is 0 Å². The Morgan fingerprint density at radius 1 is 0.700 bits per heavy atom. The summed E-state index contributed by atoms with van der Waals surface area (Å²) in [6.07, 6.45) is 0. The van der Waals surface area contributed by atoms with Gasteiger partial charge in [0.15, 0.2) is 0 Å². The molecule has 0 saturated heterocycles. The lowest BCUT2D eigenvalue weighted by Gasteiger charge is -2.45.